The van der Waals surface area contributed by atoms with Crippen molar-refractivity contribution in [1.29, 1.82) is 0 Å². The Morgan fingerprint density at radius 1 is 1.30 bits per heavy atom. The maximum Gasteiger partial charge on any atom is 0.410 e. The smallest absolute Gasteiger partial charge is 0.410 e. The quantitative estimate of drug-likeness (QED) is 0.808. The van der Waals surface area contributed by atoms with Crippen molar-refractivity contribution < 1.29 is 13.9 Å². The number of anilines is 2. The van der Waals surface area contributed by atoms with Crippen LogP contribution < -0.4 is 10.6 Å². The number of rotatable bonds is 1. The first-order valence-corrected chi connectivity index (χ1v) is 7.95. The average Bonchev–Trinajstić information content (AvgIpc) is 2.79. The van der Waals surface area contributed by atoms with E-state index < -0.39 is 5.60 Å². The first kappa shape index (κ1) is 15.9. The Bertz CT molecular complexity index is 621. The molecular weight excluding hydrogens is 297 g/mol. The molecule has 3 rings (SSSR count). The van der Waals surface area contributed by atoms with Crippen LogP contribution in [0.25, 0.3) is 0 Å². The van der Waals surface area contributed by atoms with Crippen LogP contribution in [0.4, 0.5) is 20.6 Å². The summed E-state index contributed by atoms with van der Waals surface area (Å²) >= 11 is 0. The van der Waals surface area contributed by atoms with E-state index in [0.29, 0.717) is 24.5 Å². The fraction of sp³-hybridized carbons (Fsp3) is 0.588. The van der Waals surface area contributed by atoms with Crippen LogP contribution in [0.15, 0.2) is 18.2 Å². The Kier molecular flexibility index (Phi) is 3.65. The van der Waals surface area contributed by atoms with Gasteiger partial charge < -0.3 is 20.3 Å². The number of benzene rings is 1. The molecule has 23 heavy (non-hydrogen) atoms. The summed E-state index contributed by atoms with van der Waals surface area (Å²) in [5, 5.41) is 0. The molecule has 0 atom stereocenters. The zero-order valence-electron chi connectivity index (χ0n) is 13.9. The second-order valence-corrected chi connectivity index (χ2v) is 7.72. The summed E-state index contributed by atoms with van der Waals surface area (Å²) in [6, 6.07) is 4.80. The highest BCUT2D eigenvalue weighted by Crippen LogP contribution is 2.42. The van der Waals surface area contributed by atoms with Crippen LogP contribution in [-0.4, -0.2) is 42.8 Å². The van der Waals surface area contributed by atoms with E-state index in [4.69, 9.17) is 10.5 Å². The van der Waals surface area contributed by atoms with Crippen LogP contribution in [0, 0.1) is 11.2 Å². The number of nitrogens with two attached hydrogens (primary N) is 1. The largest absolute Gasteiger partial charge is 0.444 e. The van der Waals surface area contributed by atoms with Crippen LogP contribution in [0.2, 0.25) is 0 Å². The molecule has 0 aromatic heterocycles. The van der Waals surface area contributed by atoms with Gasteiger partial charge in [-0.2, -0.15) is 0 Å². The second-order valence-electron chi connectivity index (χ2n) is 7.72. The third kappa shape index (κ3) is 3.21. The molecule has 126 valence electrons. The first-order valence-electron chi connectivity index (χ1n) is 7.95. The van der Waals surface area contributed by atoms with Crippen molar-refractivity contribution in [2.75, 3.05) is 36.8 Å². The molecule has 2 saturated heterocycles. The molecule has 0 saturated carbocycles. The highest BCUT2D eigenvalue weighted by atomic mass is 19.1. The van der Waals surface area contributed by atoms with Gasteiger partial charge in [-0.3, -0.25) is 0 Å². The number of amides is 1. The molecule has 6 heteroatoms. The minimum absolute atomic E-state index is 0.0602. The number of likely N-dealkylation sites (tertiary alicyclic amines) is 1. The minimum Gasteiger partial charge on any atom is -0.444 e. The third-order valence-electron chi connectivity index (χ3n) is 4.45. The van der Waals surface area contributed by atoms with Gasteiger partial charge in [-0.1, -0.05) is 0 Å². The van der Waals surface area contributed by atoms with Crippen molar-refractivity contribution in [3.05, 3.63) is 24.0 Å². The van der Waals surface area contributed by atoms with Crippen LogP contribution in [0.3, 0.4) is 0 Å². The van der Waals surface area contributed by atoms with Crippen molar-refractivity contribution in [1.82, 2.24) is 4.90 Å². The fourth-order valence-electron chi connectivity index (χ4n) is 3.40. The van der Waals surface area contributed by atoms with Crippen LogP contribution >= 0.6 is 0 Å². The normalized spacial score (nSPS) is 19.8. The van der Waals surface area contributed by atoms with Crippen LogP contribution in [0.5, 0.6) is 0 Å². The van der Waals surface area contributed by atoms with Crippen molar-refractivity contribution in [2.45, 2.75) is 32.8 Å². The number of hydrogen-bond donors (Lipinski definition) is 1. The standard InChI is InChI=1S/C17H24FN3O2/c1-16(2,3)23-15(22)21-10-17(11-21)6-7-20(9-17)14-5-4-12(19)8-13(14)18/h4-5,8H,6-7,9-11,19H2,1-3H3. The van der Waals surface area contributed by atoms with Gasteiger partial charge in [-0.15, -0.1) is 0 Å². The van der Waals surface area contributed by atoms with E-state index in [9.17, 15) is 9.18 Å². The summed E-state index contributed by atoms with van der Waals surface area (Å²) in [5.74, 6) is -0.287. The number of carbonyl (C=O) groups is 1. The molecular formula is C17H24FN3O2. The molecule has 1 aromatic carbocycles. The van der Waals surface area contributed by atoms with E-state index >= 15 is 0 Å². The molecule has 0 bridgehead atoms. The number of nitrogens with zero attached hydrogens (tertiary/aromatic N) is 2. The summed E-state index contributed by atoms with van der Waals surface area (Å²) in [6.07, 6.45) is 0.691. The van der Waals surface area contributed by atoms with Gasteiger partial charge in [0.25, 0.3) is 0 Å². The Balaban J connectivity index is 1.60. The molecule has 2 fully saturated rings. The molecule has 2 aliphatic rings. The van der Waals surface area contributed by atoms with Crippen LogP contribution in [0.1, 0.15) is 27.2 Å². The number of carbonyl (C=O) groups excluding carboxylic acids is 1. The zero-order chi connectivity index (χ0) is 16.8. The predicted molar refractivity (Wildman–Crippen MR) is 87.9 cm³/mol. The number of nitrogen functional groups attached to an aromatic ring is 1. The Hall–Kier alpha value is -1.98. The molecule has 0 radical (unpaired) electrons. The lowest BCUT2D eigenvalue weighted by molar-refractivity contribution is -0.0266. The first-order chi connectivity index (χ1) is 10.7. The Morgan fingerprint density at radius 2 is 2.00 bits per heavy atom. The molecule has 1 amide bonds. The van der Waals surface area contributed by atoms with Gasteiger partial charge in [0.2, 0.25) is 0 Å². The predicted octanol–water partition coefficient (Wildman–Crippen LogP) is 2.86. The van der Waals surface area contributed by atoms with Crippen LogP contribution in [-0.2, 0) is 4.74 Å². The lowest BCUT2D eigenvalue weighted by Gasteiger charge is -2.47. The lowest BCUT2D eigenvalue weighted by atomic mass is 9.79. The third-order valence-corrected chi connectivity index (χ3v) is 4.45. The van der Waals surface area contributed by atoms with Gasteiger partial charge >= 0.3 is 6.09 Å². The molecule has 2 aliphatic heterocycles. The van der Waals surface area contributed by atoms with Crippen molar-refractivity contribution in [3.8, 4) is 0 Å². The molecule has 2 N–H and O–H groups in total. The van der Waals surface area contributed by atoms with Gasteiger partial charge in [0.05, 0.1) is 5.69 Å². The maximum absolute atomic E-state index is 14.1. The maximum atomic E-state index is 14.1. The van der Waals surface area contributed by atoms with Gasteiger partial charge in [0.15, 0.2) is 0 Å². The summed E-state index contributed by atoms with van der Waals surface area (Å²) < 4.78 is 19.4. The lowest BCUT2D eigenvalue weighted by Crippen LogP contribution is -2.60. The Labute approximate surface area is 136 Å². The minimum atomic E-state index is -0.478. The highest BCUT2D eigenvalue weighted by Gasteiger charge is 2.50. The van der Waals surface area contributed by atoms with Crippen molar-refractivity contribution in [2.24, 2.45) is 5.41 Å². The van der Waals surface area contributed by atoms with E-state index in [1.54, 1.807) is 17.0 Å². The van der Waals surface area contributed by atoms with E-state index in [1.165, 1.54) is 6.07 Å². The highest BCUT2D eigenvalue weighted by molar-refractivity contribution is 5.69. The summed E-state index contributed by atoms with van der Waals surface area (Å²) in [4.78, 5) is 15.8. The number of ether oxygens (including phenoxy) is 1. The van der Waals surface area contributed by atoms with E-state index in [1.807, 2.05) is 25.7 Å². The van der Waals surface area contributed by atoms with Gasteiger partial charge in [0.1, 0.15) is 11.4 Å². The number of hydrogen-bond acceptors (Lipinski definition) is 4. The molecule has 0 aliphatic carbocycles. The zero-order valence-corrected chi connectivity index (χ0v) is 13.9. The molecule has 2 heterocycles. The van der Waals surface area contributed by atoms with Crippen molar-refractivity contribution >= 4 is 17.5 Å². The summed E-state index contributed by atoms with van der Waals surface area (Å²) in [7, 11) is 0. The average molecular weight is 321 g/mol. The molecule has 1 aromatic rings. The topological polar surface area (TPSA) is 58.8 Å². The van der Waals surface area contributed by atoms with Crippen molar-refractivity contribution in [3.63, 3.8) is 0 Å². The van der Waals surface area contributed by atoms with E-state index in [-0.39, 0.29) is 17.3 Å². The monoisotopic (exact) mass is 321 g/mol. The van der Waals surface area contributed by atoms with Gasteiger partial charge in [0, 0.05) is 37.3 Å². The number of halogens is 1. The summed E-state index contributed by atoms with van der Waals surface area (Å²) in [6.45, 7) is 8.49. The fourth-order valence-corrected chi connectivity index (χ4v) is 3.40. The Morgan fingerprint density at radius 3 is 2.61 bits per heavy atom. The molecule has 1 spiro atoms. The van der Waals surface area contributed by atoms with E-state index in [2.05, 4.69) is 0 Å². The van der Waals surface area contributed by atoms with Gasteiger partial charge in [-0.25, -0.2) is 9.18 Å². The second kappa shape index (κ2) is 5.28. The van der Waals surface area contributed by atoms with E-state index in [0.717, 1.165) is 19.5 Å². The molecule has 0 unspecified atom stereocenters. The SMILES string of the molecule is CC(C)(C)OC(=O)N1CC2(CCN(c3ccc(N)cc3F)C2)C1. The summed E-state index contributed by atoms with van der Waals surface area (Å²) in [5.41, 5.74) is 6.20. The van der Waals surface area contributed by atoms with Gasteiger partial charge in [-0.05, 0) is 45.4 Å². The molecule has 5 nitrogen and oxygen atoms in total.